The molecule has 6 heteroatoms. The summed E-state index contributed by atoms with van der Waals surface area (Å²) in [5.74, 6) is 0.847. The fourth-order valence-electron chi connectivity index (χ4n) is 1.83. The summed E-state index contributed by atoms with van der Waals surface area (Å²) in [6, 6.07) is 11.0. The van der Waals surface area contributed by atoms with Crippen LogP contribution in [0.2, 0.25) is 5.02 Å². The topological polar surface area (TPSA) is 77.8 Å². The Morgan fingerprint density at radius 3 is 2.80 bits per heavy atom. The molecule has 0 bridgehead atoms. The third-order valence-corrected chi connectivity index (χ3v) is 3.14. The van der Waals surface area contributed by atoms with E-state index in [1.54, 1.807) is 18.3 Å². The van der Waals surface area contributed by atoms with Gasteiger partial charge >= 0.3 is 0 Å². The summed E-state index contributed by atoms with van der Waals surface area (Å²) in [6.07, 6.45) is 2.11. The molecule has 100 valence electrons. The zero-order valence-corrected chi connectivity index (χ0v) is 11.2. The van der Waals surface area contributed by atoms with Crippen molar-refractivity contribution in [2.24, 2.45) is 0 Å². The summed E-state index contributed by atoms with van der Waals surface area (Å²) < 4.78 is 5.22. The van der Waals surface area contributed by atoms with Crippen LogP contribution in [0.1, 0.15) is 11.5 Å². The van der Waals surface area contributed by atoms with Gasteiger partial charge in [-0.05, 0) is 23.8 Å². The number of aromatic nitrogens is 3. The molecule has 0 saturated carbocycles. The smallest absolute Gasteiger partial charge is 0.231 e. The summed E-state index contributed by atoms with van der Waals surface area (Å²) in [5, 5.41) is 4.38. The number of halogens is 1. The van der Waals surface area contributed by atoms with Crippen LogP contribution in [-0.2, 0) is 6.42 Å². The second-order valence-corrected chi connectivity index (χ2v) is 4.63. The molecule has 2 N–H and O–H groups in total. The minimum atomic E-state index is 0.375. The predicted octanol–water partition coefficient (Wildman–Crippen LogP) is 2.96. The van der Waals surface area contributed by atoms with Crippen LogP contribution in [0.4, 0.5) is 5.69 Å². The maximum absolute atomic E-state index is 6.05. The fourth-order valence-corrected chi connectivity index (χ4v) is 2.04. The molecule has 0 unspecified atom stereocenters. The molecule has 3 aromatic rings. The van der Waals surface area contributed by atoms with Crippen LogP contribution in [0, 0.1) is 0 Å². The molecule has 20 heavy (non-hydrogen) atoms. The Morgan fingerprint density at radius 2 is 2.00 bits per heavy atom. The van der Waals surface area contributed by atoms with Gasteiger partial charge in [0.2, 0.25) is 11.7 Å². The molecule has 2 aromatic heterocycles. The van der Waals surface area contributed by atoms with Crippen molar-refractivity contribution in [2.45, 2.75) is 6.42 Å². The average Bonchev–Trinajstić information content (AvgIpc) is 2.90. The van der Waals surface area contributed by atoms with Gasteiger partial charge in [0, 0.05) is 11.9 Å². The largest absolute Gasteiger partial charge is 0.398 e. The van der Waals surface area contributed by atoms with Crippen LogP contribution >= 0.6 is 11.6 Å². The molecule has 0 amide bonds. The van der Waals surface area contributed by atoms with Gasteiger partial charge in [0.15, 0.2) is 0 Å². The zero-order chi connectivity index (χ0) is 13.9. The Kier molecular flexibility index (Phi) is 3.35. The molecule has 0 atom stereocenters. The van der Waals surface area contributed by atoms with E-state index in [-0.39, 0.29) is 0 Å². The number of pyridine rings is 1. The molecule has 0 aliphatic carbocycles. The first-order chi connectivity index (χ1) is 9.74. The van der Waals surface area contributed by atoms with Gasteiger partial charge in [0.05, 0.1) is 11.4 Å². The zero-order valence-electron chi connectivity index (χ0n) is 10.5. The number of nitrogens with zero attached hydrogens (tertiary/aromatic N) is 3. The lowest BCUT2D eigenvalue weighted by Crippen LogP contribution is -1.95. The first kappa shape index (κ1) is 12.6. The molecule has 0 fully saturated rings. The second kappa shape index (κ2) is 5.30. The van der Waals surface area contributed by atoms with Crippen LogP contribution in [-0.4, -0.2) is 15.1 Å². The van der Waals surface area contributed by atoms with Crippen molar-refractivity contribution in [3.63, 3.8) is 0 Å². The van der Waals surface area contributed by atoms with Crippen molar-refractivity contribution < 1.29 is 4.52 Å². The van der Waals surface area contributed by atoms with E-state index in [0.717, 1.165) is 5.56 Å². The minimum Gasteiger partial charge on any atom is -0.398 e. The van der Waals surface area contributed by atoms with E-state index in [1.807, 2.05) is 24.3 Å². The molecule has 0 aliphatic heterocycles. The number of nitrogens with two attached hydrogens (primary N) is 1. The Labute approximate surface area is 120 Å². The number of hydrogen-bond donors (Lipinski definition) is 1. The predicted molar refractivity (Wildman–Crippen MR) is 76.2 cm³/mol. The summed E-state index contributed by atoms with van der Waals surface area (Å²) in [7, 11) is 0. The molecule has 2 heterocycles. The van der Waals surface area contributed by atoms with Crippen LogP contribution < -0.4 is 5.73 Å². The third-order valence-electron chi connectivity index (χ3n) is 2.84. The molecular weight excluding hydrogens is 276 g/mol. The van der Waals surface area contributed by atoms with Gasteiger partial charge in [-0.15, -0.1) is 0 Å². The molecule has 3 rings (SSSR count). The highest BCUT2D eigenvalue weighted by Crippen LogP contribution is 2.23. The van der Waals surface area contributed by atoms with Gasteiger partial charge in [0.1, 0.15) is 5.69 Å². The summed E-state index contributed by atoms with van der Waals surface area (Å²) in [4.78, 5) is 8.44. The van der Waals surface area contributed by atoms with Crippen LogP contribution in [0.15, 0.2) is 47.1 Å². The van der Waals surface area contributed by atoms with E-state index in [0.29, 0.717) is 34.5 Å². The average molecular weight is 287 g/mol. The van der Waals surface area contributed by atoms with Crippen molar-refractivity contribution in [1.29, 1.82) is 0 Å². The first-order valence-electron chi connectivity index (χ1n) is 6.01. The van der Waals surface area contributed by atoms with Crippen LogP contribution in [0.5, 0.6) is 0 Å². The number of anilines is 1. The number of benzene rings is 1. The van der Waals surface area contributed by atoms with Crippen LogP contribution in [0.3, 0.4) is 0 Å². The van der Waals surface area contributed by atoms with Gasteiger partial charge in [-0.25, -0.2) is 0 Å². The number of para-hydroxylation sites is 1. The summed E-state index contributed by atoms with van der Waals surface area (Å²) in [5.41, 5.74) is 8.03. The van der Waals surface area contributed by atoms with Crippen molar-refractivity contribution >= 4 is 17.3 Å². The normalized spacial score (nSPS) is 10.7. The third kappa shape index (κ3) is 2.48. The standard InChI is InChI=1S/C14H11ClN4O/c15-10-5-3-7-17-13(10)14-18-12(20-19-14)8-9-4-1-2-6-11(9)16/h1-7H,8,16H2. The van der Waals surface area contributed by atoms with E-state index in [1.165, 1.54) is 0 Å². The highest BCUT2D eigenvalue weighted by molar-refractivity contribution is 6.32. The maximum atomic E-state index is 6.05. The van der Waals surface area contributed by atoms with Crippen molar-refractivity contribution in [3.05, 3.63) is 59.1 Å². The summed E-state index contributed by atoms with van der Waals surface area (Å²) in [6.45, 7) is 0. The van der Waals surface area contributed by atoms with E-state index in [4.69, 9.17) is 21.9 Å². The number of rotatable bonds is 3. The first-order valence-corrected chi connectivity index (χ1v) is 6.38. The second-order valence-electron chi connectivity index (χ2n) is 4.22. The SMILES string of the molecule is Nc1ccccc1Cc1nc(-c2ncccc2Cl)no1. The van der Waals surface area contributed by atoms with Gasteiger partial charge < -0.3 is 10.3 Å². The van der Waals surface area contributed by atoms with Crippen molar-refractivity contribution in [2.75, 3.05) is 5.73 Å². The van der Waals surface area contributed by atoms with E-state index >= 15 is 0 Å². The molecular formula is C14H11ClN4O. The molecule has 0 saturated heterocycles. The Bertz CT molecular complexity index is 741. The van der Waals surface area contributed by atoms with Gasteiger partial charge in [-0.2, -0.15) is 4.98 Å². The Hall–Kier alpha value is -2.40. The van der Waals surface area contributed by atoms with E-state index in [2.05, 4.69) is 15.1 Å². The molecule has 5 nitrogen and oxygen atoms in total. The molecule has 1 aromatic carbocycles. The molecule has 0 spiro atoms. The fraction of sp³-hybridized carbons (Fsp3) is 0.0714. The van der Waals surface area contributed by atoms with Crippen molar-refractivity contribution in [3.8, 4) is 11.5 Å². The van der Waals surface area contributed by atoms with Gasteiger partial charge in [0.25, 0.3) is 0 Å². The molecule has 0 radical (unpaired) electrons. The Balaban J connectivity index is 1.88. The lowest BCUT2D eigenvalue weighted by Gasteiger charge is -2.00. The van der Waals surface area contributed by atoms with Crippen molar-refractivity contribution in [1.82, 2.24) is 15.1 Å². The molecule has 0 aliphatic rings. The van der Waals surface area contributed by atoms with E-state index in [9.17, 15) is 0 Å². The number of hydrogen-bond acceptors (Lipinski definition) is 5. The van der Waals surface area contributed by atoms with Gasteiger partial charge in [-0.1, -0.05) is 35.0 Å². The number of nitrogen functional groups attached to an aromatic ring is 1. The lowest BCUT2D eigenvalue weighted by molar-refractivity contribution is 0.385. The highest BCUT2D eigenvalue weighted by atomic mass is 35.5. The van der Waals surface area contributed by atoms with Crippen LogP contribution in [0.25, 0.3) is 11.5 Å². The monoisotopic (exact) mass is 286 g/mol. The minimum absolute atomic E-state index is 0.375. The maximum Gasteiger partial charge on any atom is 0.231 e. The summed E-state index contributed by atoms with van der Waals surface area (Å²) >= 11 is 6.05. The highest BCUT2D eigenvalue weighted by Gasteiger charge is 2.13. The quantitative estimate of drug-likeness (QED) is 0.749. The lowest BCUT2D eigenvalue weighted by atomic mass is 10.1. The Morgan fingerprint density at radius 1 is 1.15 bits per heavy atom. The van der Waals surface area contributed by atoms with Gasteiger partial charge in [-0.3, -0.25) is 4.98 Å². The van der Waals surface area contributed by atoms with E-state index < -0.39 is 0 Å².